The van der Waals surface area contributed by atoms with Crippen molar-refractivity contribution in [2.45, 2.75) is 32.7 Å². The molecule has 20 heavy (non-hydrogen) atoms. The third-order valence-electron chi connectivity index (χ3n) is 2.84. The number of carbonyl (C=O) groups is 1. The number of carbonyl (C=O) groups excluding carboxylic acids is 1. The van der Waals surface area contributed by atoms with Gasteiger partial charge in [0.15, 0.2) is 0 Å². The average Bonchev–Trinajstić information content (AvgIpc) is 2.49. The molecular formula is C16H23NO3. The van der Waals surface area contributed by atoms with E-state index >= 15 is 0 Å². The molecule has 1 rings (SSSR count). The quantitative estimate of drug-likeness (QED) is 0.717. The first-order valence-corrected chi connectivity index (χ1v) is 7.01. The van der Waals surface area contributed by atoms with Gasteiger partial charge in [-0.3, -0.25) is 4.79 Å². The zero-order chi connectivity index (χ0) is 14.8. The predicted molar refractivity (Wildman–Crippen MR) is 80.6 cm³/mol. The molecule has 0 bridgehead atoms. The van der Waals surface area contributed by atoms with Gasteiger partial charge < -0.3 is 15.2 Å². The van der Waals surface area contributed by atoms with E-state index in [1.54, 1.807) is 6.08 Å². The maximum atomic E-state index is 11.6. The van der Waals surface area contributed by atoms with E-state index in [0.29, 0.717) is 13.0 Å². The lowest BCUT2D eigenvalue weighted by molar-refractivity contribution is -0.117. The predicted octanol–water partition coefficient (Wildman–Crippen LogP) is 2.38. The highest BCUT2D eigenvalue weighted by Gasteiger charge is 2.05. The van der Waals surface area contributed by atoms with Crippen molar-refractivity contribution in [1.29, 1.82) is 0 Å². The van der Waals surface area contributed by atoms with Crippen LogP contribution >= 0.6 is 0 Å². The zero-order valence-corrected chi connectivity index (χ0v) is 12.1. The molecule has 0 aliphatic carbocycles. The number of ether oxygens (including phenoxy) is 1. The molecule has 4 heteroatoms. The van der Waals surface area contributed by atoms with Crippen LogP contribution in [0, 0.1) is 0 Å². The second kappa shape index (κ2) is 9.15. The summed E-state index contributed by atoms with van der Waals surface area (Å²) in [7, 11) is 0. The molecule has 0 radical (unpaired) electrons. The summed E-state index contributed by atoms with van der Waals surface area (Å²) in [5.41, 5.74) is 0.932. The van der Waals surface area contributed by atoms with E-state index in [-0.39, 0.29) is 18.6 Å². The molecule has 110 valence electrons. The molecule has 2 N–H and O–H groups in total. The van der Waals surface area contributed by atoms with Crippen molar-refractivity contribution >= 4 is 12.0 Å². The van der Waals surface area contributed by atoms with E-state index in [4.69, 9.17) is 9.84 Å². The van der Waals surface area contributed by atoms with E-state index in [2.05, 4.69) is 12.2 Å². The van der Waals surface area contributed by atoms with Crippen molar-refractivity contribution in [2.24, 2.45) is 0 Å². The first-order valence-electron chi connectivity index (χ1n) is 7.01. The van der Waals surface area contributed by atoms with Gasteiger partial charge in [-0.15, -0.1) is 0 Å². The Kier molecular flexibility index (Phi) is 7.43. The molecule has 0 aliphatic heterocycles. The first kappa shape index (κ1) is 16.2. The maximum Gasteiger partial charge on any atom is 0.244 e. The van der Waals surface area contributed by atoms with Crippen molar-refractivity contribution < 1.29 is 14.6 Å². The molecule has 1 aromatic carbocycles. The van der Waals surface area contributed by atoms with Crippen LogP contribution in [-0.2, 0) is 4.79 Å². The summed E-state index contributed by atoms with van der Waals surface area (Å²) >= 11 is 0. The highest BCUT2D eigenvalue weighted by molar-refractivity contribution is 5.91. The molecule has 0 heterocycles. The fourth-order valence-electron chi connectivity index (χ4n) is 1.59. The molecule has 0 aromatic heterocycles. The SMILES string of the molecule is CCCOc1ccc(/C=C/C(=O)NC(CC)CO)cc1. The minimum Gasteiger partial charge on any atom is -0.494 e. The molecule has 1 unspecified atom stereocenters. The molecule has 1 aromatic rings. The number of hydrogen-bond donors (Lipinski definition) is 2. The highest BCUT2D eigenvalue weighted by atomic mass is 16.5. The van der Waals surface area contributed by atoms with Gasteiger partial charge in [0.25, 0.3) is 0 Å². The summed E-state index contributed by atoms with van der Waals surface area (Å²) in [4.78, 5) is 11.6. The lowest BCUT2D eigenvalue weighted by Crippen LogP contribution is -2.35. The van der Waals surface area contributed by atoms with Gasteiger partial charge in [-0.1, -0.05) is 26.0 Å². The minimum absolute atomic E-state index is 0.0421. The smallest absolute Gasteiger partial charge is 0.244 e. The number of nitrogens with one attached hydrogen (secondary N) is 1. The lowest BCUT2D eigenvalue weighted by atomic mass is 10.2. The molecule has 0 aliphatic rings. The molecule has 0 saturated heterocycles. The van der Waals surface area contributed by atoms with Crippen molar-refractivity contribution in [3.8, 4) is 5.75 Å². The monoisotopic (exact) mass is 277 g/mol. The third kappa shape index (κ3) is 5.89. The van der Waals surface area contributed by atoms with Crippen molar-refractivity contribution in [3.63, 3.8) is 0 Å². The fourth-order valence-corrected chi connectivity index (χ4v) is 1.59. The molecular weight excluding hydrogens is 254 g/mol. The van der Waals surface area contributed by atoms with Gasteiger partial charge in [0.1, 0.15) is 5.75 Å². The van der Waals surface area contributed by atoms with Crippen LogP contribution in [0.4, 0.5) is 0 Å². The second-order valence-electron chi connectivity index (χ2n) is 4.55. The van der Waals surface area contributed by atoms with Gasteiger partial charge in [-0.2, -0.15) is 0 Å². The van der Waals surface area contributed by atoms with Crippen LogP contribution in [0.1, 0.15) is 32.3 Å². The van der Waals surface area contributed by atoms with E-state index in [0.717, 1.165) is 17.7 Å². The Hall–Kier alpha value is -1.81. The van der Waals surface area contributed by atoms with Crippen LogP contribution in [0.15, 0.2) is 30.3 Å². The Morgan fingerprint density at radius 1 is 1.35 bits per heavy atom. The molecule has 0 saturated carbocycles. The van der Waals surface area contributed by atoms with E-state index in [1.165, 1.54) is 6.08 Å². The van der Waals surface area contributed by atoms with Gasteiger partial charge >= 0.3 is 0 Å². The van der Waals surface area contributed by atoms with E-state index in [9.17, 15) is 4.79 Å². The summed E-state index contributed by atoms with van der Waals surface area (Å²) in [5, 5.41) is 11.7. The summed E-state index contributed by atoms with van der Waals surface area (Å²) in [6.07, 6.45) is 4.90. The molecule has 0 fully saturated rings. The van der Waals surface area contributed by atoms with E-state index < -0.39 is 0 Å². The van der Waals surface area contributed by atoms with Crippen LogP contribution in [0.3, 0.4) is 0 Å². The van der Waals surface area contributed by atoms with E-state index in [1.807, 2.05) is 31.2 Å². The largest absolute Gasteiger partial charge is 0.494 e. The molecule has 1 amide bonds. The van der Waals surface area contributed by atoms with Crippen LogP contribution in [0.5, 0.6) is 5.75 Å². The number of aliphatic hydroxyl groups excluding tert-OH is 1. The lowest BCUT2D eigenvalue weighted by Gasteiger charge is -2.11. The Morgan fingerprint density at radius 2 is 2.05 bits per heavy atom. The minimum atomic E-state index is -0.197. The first-order chi connectivity index (χ1) is 9.69. The van der Waals surface area contributed by atoms with Gasteiger partial charge in [-0.25, -0.2) is 0 Å². The van der Waals surface area contributed by atoms with Crippen LogP contribution in [-0.4, -0.2) is 30.3 Å². The number of benzene rings is 1. The van der Waals surface area contributed by atoms with Crippen LogP contribution in [0.2, 0.25) is 0 Å². The van der Waals surface area contributed by atoms with Crippen LogP contribution in [0.25, 0.3) is 6.08 Å². The normalized spacial score (nSPS) is 12.3. The Bertz CT molecular complexity index is 422. The van der Waals surface area contributed by atoms with Crippen molar-refractivity contribution in [3.05, 3.63) is 35.9 Å². The summed E-state index contributed by atoms with van der Waals surface area (Å²) in [5.74, 6) is 0.636. The Morgan fingerprint density at radius 3 is 2.60 bits per heavy atom. The summed E-state index contributed by atoms with van der Waals surface area (Å²) in [6, 6.07) is 7.39. The molecule has 0 spiro atoms. The van der Waals surface area contributed by atoms with Gasteiger partial charge in [-0.05, 0) is 36.6 Å². The number of rotatable bonds is 8. The maximum absolute atomic E-state index is 11.6. The summed E-state index contributed by atoms with van der Waals surface area (Å²) < 4.78 is 5.49. The third-order valence-corrected chi connectivity index (χ3v) is 2.84. The van der Waals surface area contributed by atoms with Crippen molar-refractivity contribution in [1.82, 2.24) is 5.32 Å². The van der Waals surface area contributed by atoms with Gasteiger partial charge in [0, 0.05) is 6.08 Å². The number of hydrogen-bond acceptors (Lipinski definition) is 3. The van der Waals surface area contributed by atoms with Crippen LogP contribution < -0.4 is 10.1 Å². The second-order valence-corrected chi connectivity index (χ2v) is 4.55. The Labute approximate surface area is 120 Å². The standard InChI is InChI=1S/C16H23NO3/c1-3-11-20-15-8-5-13(6-9-15)7-10-16(19)17-14(4-2)12-18/h5-10,14,18H,3-4,11-12H2,1-2H3,(H,17,19)/b10-7+. The highest BCUT2D eigenvalue weighted by Crippen LogP contribution is 2.13. The Balaban J connectivity index is 2.50. The van der Waals surface area contributed by atoms with Crippen molar-refractivity contribution in [2.75, 3.05) is 13.2 Å². The van der Waals surface area contributed by atoms with Gasteiger partial charge in [0.2, 0.25) is 5.91 Å². The number of aliphatic hydroxyl groups is 1. The average molecular weight is 277 g/mol. The molecule has 1 atom stereocenters. The zero-order valence-electron chi connectivity index (χ0n) is 12.1. The fraction of sp³-hybridized carbons (Fsp3) is 0.438. The topological polar surface area (TPSA) is 58.6 Å². The molecule has 4 nitrogen and oxygen atoms in total. The summed E-state index contributed by atoms with van der Waals surface area (Å²) in [6.45, 7) is 4.64. The number of amides is 1. The van der Waals surface area contributed by atoms with Gasteiger partial charge in [0.05, 0.1) is 19.3 Å².